The van der Waals surface area contributed by atoms with Crippen LogP contribution in [0.4, 0.5) is 9.18 Å². The van der Waals surface area contributed by atoms with Crippen LogP contribution in [0.1, 0.15) is 30.8 Å². The molecule has 3 aromatic rings. The molecular formula is C19H17FN2O3. The van der Waals surface area contributed by atoms with E-state index in [1.807, 2.05) is 24.3 Å². The molecule has 25 heavy (non-hydrogen) atoms. The van der Waals surface area contributed by atoms with Crippen molar-refractivity contribution in [2.24, 2.45) is 0 Å². The van der Waals surface area contributed by atoms with Gasteiger partial charge in [-0.15, -0.1) is 0 Å². The van der Waals surface area contributed by atoms with E-state index < -0.39 is 12.2 Å². The van der Waals surface area contributed by atoms with Gasteiger partial charge in [0.2, 0.25) is 0 Å². The molecule has 0 fully saturated rings. The van der Waals surface area contributed by atoms with Gasteiger partial charge in [0.15, 0.2) is 11.9 Å². The third kappa shape index (κ3) is 2.73. The molecule has 6 heteroatoms. The van der Waals surface area contributed by atoms with Gasteiger partial charge < -0.3 is 9.47 Å². The van der Waals surface area contributed by atoms with E-state index in [-0.39, 0.29) is 12.4 Å². The molecule has 128 valence electrons. The topological polar surface area (TPSA) is 53.4 Å². The number of aromatic nitrogens is 2. The summed E-state index contributed by atoms with van der Waals surface area (Å²) in [6.07, 6.45) is 0.401. The quantitative estimate of drug-likeness (QED) is 0.700. The first-order valence-corrected chi connectivity index (χ1v) is 8.27. The number of fused-ring (bicyclic) bond motifs is 2. The maximum absolute atomic E-state index is 13.4. The third-order valence-corrected chi connectivity index (χ3v) is 4.29. The molecule has 0 aliphatic carbocycles. The Kier molecular flexibility index (Phi) is 3.87. The second kappa shape index (κ2) is 6.20. The zero-order valence-corrected chi connectivity index (χ0v) is 13.7. The number of carbonyl (C=O) groups excluding carboxylic acids is 1. The van der Waals surface area contributed by atoms with E-state index in [0.29, 0.717) is 35.4 Å². The zero-order chi connectivity index (χ0) is 17.4. The first kappa shape index (κ1) is 15.6. The summed E-state index contributed by atoms with van der Waals surface area (Å²) in [5.74, 6) is 0.856. The molecule has 1 atom stereocenters. The molecule has 0 amide bonds. The SMILES string of the molecule is CCOC(=O)n1c(C2CCc3cc(F)ccc3O2)nc2ccccc21. The van der Waals surface area contributed by atoms with E-state index in [2.05, 4.69) is 4.98 Å². The molecule has 2 aromatic carbocycles. The van der Waals surface area contributed by atoms with Crippen LogP contribution >= 0.6 is 0 Å². The molecule has 0 spiro atoms. The number of imidazole rings is 1. The van der Waals surface area contributed by atoms with Crippen LogP contribution in [0.3, 0.4) is 0 Å². The fourth-order valence-corrected chi connectivity index (χ4v) is 3.18. The van der Waals surface area contributed by atoms with Gasteiger partial charge in [0, 0.05) is 0 Å². The number of benzene rings is 2. The van der Waals surface area contributed by atoms with Crippen LogP contribution in [-0.4, -0.2) is 22.3 Å². The molecule has 1 aromatic heterocycles. The minimum Gasteiger partial charge on any atom is -0.482 e. The van der Waals surface area contributed by atoms with E-state index in [4.69, 9.17) is 9.47 Å². The monoisotopic (exact) mass is 340 g/mol. The number of carbonyl (C=O) groups is 1. The van der Waals surface area contributed by atoms with Crippen LogP contribution in [0.25, 0.3) is 11.0 Å². The standard InChI is InChI=1S/C19H17FN2O3/c1-2-24-19(23)22-15-6-4-3-5-14(15)21-18(22)17-9-7-12-11-13(20)8-10-16(12)25-17/h3-6,8,10-11,17H,2,7,9H2,1H3. The van der Waals surface area contributed by atoms with Crippen molar-refractivity contribution in [3.8, 4) is 5.75 Å². The number of nitrogens with zero attached hydrogens (tertiary/aromatic N) is 2. The normalized spacial score (nSPS) is 16.3. The van der Waals surface area contributed by atoms with Gasteiger partial charge in [-0.3, -0.25) is 0 Å². The zero-order valence-electron chi connectivity index (χ0n) is 13.7. The summed E-state index contributed by atoms with van der Waals surface area (Å²) in [5, 5.41) is 0. The van der Waals surface area contributed by atoms with Crippen molar-refractivity contribution in [3.63, 3.8) is 0 Å². The van der Waals surface area contributed by atoms with Gasteiger partial charge in [0.1, 0.15) is 11.6 Å². The van der Waals surface area contributed by atoms with Crippen LogP contribution in [-0.2, 0) is 11.2 Å². The maximum atomic E-state index is 13.4. The van der Waals surface area contributed by atoms with Crippen LogP contribution in [0.5, 0.6) is 5.75 Å². The fraction of sp³-hybridized carbons (Fsp3) is 0.263. The Labute approximate surface area is 144 Å². The summed E-state index contributed by atoms with van der Waals surface area (Å²) < 4.78 is 26.0. The predicted molar refractivity (Wildman–Crippen MR) is 90.2 cm³/mol. The van der Waals surface area contributed by atoms with E-state index in [0.717, 1.165) is 5.56 Å². The average Bonchev–Trinajstić information content (AvgIpc) is 3.01. The van der Waals surface area contributed by atoms with Crippen molar-refractivity contribution >= 4 is 17.1 Å². The third-order valence-electron chi connectivity index (χ3n) is 4.29. The van der Waals surface area contributed by atoms with Gasteiger partial charge in [-0.25, -0.2) is 18.7 Å². The number of hydrogen-bond acceptors (Lipinski definition) is 4. The first-order valence-electron chi connectivity index (χ1n) is 8.27. The van der Waals surface area contributed by atoms with Crippen molar-refractivity contribution in [3.05, 3.63) is 59.7 Å². The highest BCUT2D eigenvalue weighted by Crippen LogP contribution is 2.36. The minimum absolute atomic E-state index is 0.276. The Morgan fingerprint density at radius 3 is 3.04 bits per heavy atom. The van der Waals surface area contributed by atoms with Gasteiger partial charge in [0.05, 0.1) is 17.6 Å². The maximum Gasteiger partial charge on any atom is 0.420 e. The molecule has 0 N–H and O–H groups in total. The van der Waals surface area contributed by atoms with Gasteiger partial charge in [-0.05, 0) is 55.7 Å². The lowest BCUT2D eigenvalue weighted by Crippen LogP contribution is -2.23. The first-order chi connectivity index (χ1) is 12.2. The van der Waals surface area contributed by atoms with Crippen LogP contribution < -0.4 is 4.74 Å². The number of para-hydroxylation sites is 2. The Bertz CT molecular complexity index is 951. The smallest absolute Gasteiger partial charge is 0.420 e. The van der Waals surface area contributed by atoms with Crippen LogP contribution in [0.15, 0.2) is 42.5 Å². The predicted octanol–water partition coefficient (Wildman–Crippen LogP) is 4.25. The number of aryl methyl sites for hydroxylation is 1. The molecule has 4 rings (SSSR count). The van der Waals surface area contributed by atoms with Crippen LogP contribution in [0.2, 0.25) is 0 Å². The molecule has 1 unspecified atom stereocenters. The Morgan fingerprint density at radius 2 is 2.20 bits per heavy atom. The highest BCUT2D eigenvalue weighted by molar-refractivity contribution is 5.87. The molecule has 0 radical (unpaired) electrons. The number of ether oxygens (including phenoxy) is 2. The average molecular weight is 340 g/mol. The summed E-state index contributed by atoms with van der Waals surface area (Å²) >= 11 is 0. The Hall–Kier alpha value is -2.89. The highest BCUT2D eigenvalue weighted by atomic mass is 19.1. The largest absolute Gasteiger partial charge is 0.482 e. The number of halogens is 1. The lowest BCUT2D eigenvalue weighted by Gasteiger charge is -2.25. The van der Waals surface area contributed by atoms with Gasteiger partial charge in [0.25, 0.3) is 0 Å². The van der Waals surface area contributed by atoms with Crippen molar-refractivity contribution in [1.82, 2.24) is 9.55 Å². The second-order valence-electron chi connectivity index (χ2n) is 5.89. The molecule has 0 bridgehead atoms. The van der Waals surface area contributed by atoms with Crippen LogP contribution in [0, 0.1) is 5.82 Å². The summed E-state index contributed by atoms with van der Waals surface area (Å²) in [7, 11) is 0. The minimum atomic E-state index is -0.472. The van der Waals surface area contributed by atoms with Crippen molar-refractivity contribution in [2.45, 2.75) is 25.9 Å². The Morgan fingerprint density at radius 1 is 1.36 bits per heavy atom. The lowest BCUT2D eigenvalue weighted by molar-refractivity contribution is 0.140. The molecule has 5 nitrogen and oxygen atoms in total. The number of hydrogen-bond donors (Lipinski definition) is 0. The van der Waals surface area contributed by atoms with Gasteiger partial charge in [-0.2, -0.15) is 0 Å². The molecule has 1 aliphatic rings. The van der Waals surface area contributed by atoms with Crippen molar-refractivity contribution < 1.29 is 18.7 Å². The van der Waals surface area contributed by atoms with E-state index in [1.54, 1.807) is 13.0 Å². The second-order valence-corrected chi connectivity index (χ2v) is 5.89. The number of rotatable bonds is 2. The lowest BCUT2D eigenvalue weighted by atomic mass is 10.0. The van der Waals surface area contributed by atoms with E-state index >= 15 is 0 Å². The van der Waals surface area contributed by atoms with E-state index in [9.17, 15) is 9.18 Å². The fourth-order valence-electron chi connectivity index (χ4n) is 3.18. The molecular weight excluding hydrogens is 323 g/mol. The van der Waals surface area contributed by atoms with Crippen molar-refractivity contribution in [1.29, 1.82) is 0 Å². The summed E-state index contributed by atoms with van der Waals surface area (Å²) in [6.45, 7) is 2.04. The molecule has 0 saturated heterocycles. The summed E-state index contributed by atoms with van der Waals surface area (Å²) in [6, 6.07) is 11.9. The Balaban J connectivity index is 1.77. The molecule has 0 saturated carbocycles. The summed E-state index contributed by atoms with van der Waals surface area (Å²) in [5.41, 5.74) is 2.22. The van der Waals surface area contributed by atoms with Gasteiger partial charge >= 0.3 is 6.09 Å². The molecule has 2 heterocycles. The summed E-state index contributed by atoms with van der Waals surface area (Å²) in [4.78, 5) is 17.1. The van der Waals surface area contributed by atoms with Crippen molar-refractivity contribution in [2.75, 3.05) is 6.61 Å². The molecule has 1 aliphatic heterocycles. The van der Waals surface area contributed by atoms with Gasteiger partial charge in [-0.1, -0.05) is 12.1 Å². The highest BCUT2D eigenvalue weighted by Gasteiger charge is 2.29. The van der Waals surface area contributed by atoms with E-state index in [1.165, 1.54) is 16.7 Å².